The molecule has 0 unspecified atom stereocenters. The van der Waals surface area contributed by atoms with Crippen LogP contribution >= 0.6 is 11.3 Å². The van der Waals surface area contributed by atoms with Crippen LogP contribution in [0.5, 0.6) is 17.2 Å². The molecule has 0 aliphatic heterocycles. The number of anilines is 1. The maximum Gasteiger partial charge on any atom is 0.348 e. The van der Waals surface area contributed by atoms with Gasteiger partial charge in [0.15, 0.2) is 0 Å². The summed E-state index contributed by atoms with van der Waals surface area (Å²) in [6.07, 6.45) is 0. The average Bonchev–Trinajstić information content (AvgIpc) is 3.11. The minimum atomic E-state index is -1.15. The Bertz CT molecular complexity index is 1220. The van der Waals surface area contributed by atoms with Crippen LogP contribution in [0.25, 0.3) is 10.4 Å². The van der Waals surface area contributed by atoms with Crippen LogP contribution in [0.3, 0.4) is 0 Å². The summed E-state index contributed by atoms with van der Waals surface area (Å²) in [5.41, 5.74) is 2.10. The second-order valence-corrected chi connectivity index (χ2v) is 7.07. The van der Waals surface area contributed by atoms with Gasteiger partial charge in [0, 0.05) is 4.88 Å². The molecule has 2 aromatic carbocycles. The van der Waals surface area contributed by atoms with Crippen LogP contribution in [0.15, 0.2) is 64.2 Å². The van der Waals surface area contributed by atoms with Gasteiger partial charge in [-0.1, -0.05) is 0 Å². The third-order valence-corrected chi connectivity index (χ3v) is 5.30. The molecule has 0 saturated carbocycles. The third-order valence-electron chi connectivity index (χ3n) is 4.13. The van der Waals surface area contributed by atoms with Crippen molar-refractivity contribution in [2.75, 3.05) is 12.5 Å². The number of hydrogen-bond donors (Lipinski definition) is 2. The fraction of sp³-hybridized carbons (Fsp3) is 0.0500. The van der Waals surface area contributed by atoms with E-state index in [1.807, 2.05) is 0 Å². The first-order valence-corrected chi connectivity index (χ1v) is 9.22. The quantitative estimate of drug-likeness (QED) is 0.451. The van der Waals surface area contributed by atoms with E-state index in [0.29, 0.717) is 16.4 Å². The maximum absolute atomic E-state index is 11.5. The summed E-state index contributed by atoms with van der Waals surface area (Å²) < 4.78 is 11.7. The fourth-order valence-electron chi connectivity index (χ4n) is 2.60. The lowest BCUT2D eigenvalue weighted by Crippen LogP contribution is -2.09. The van der Waals surface area contributed by atoms with Gasteiger partial charge in [0.1, 0.15) is 22.1 Å². The number of ether oxygens (including phenoxy) is 2. The molecule has 0 atom stereocenters. The molecule has 2 aromatic heterocycles. The van der Waals surface area contributed by atoms with Crippen molar-refractivity contribution < 1.29 is 19.4 Å². The SMILES string of the molecule is COc1ccc(Oc2ccc(-c3cc(Nn4c(=O)c4=O)c(C(=O)O)s3)cc2)cc1. The number of rotatable bonds is 7. The number of carboxylic acid groups (broad SMARTS) is 1. The summed E-state index contributed by atoms with van der Waals surface area (Å²) in [4.78, 5) is 34.5. The van der Waals surface area contributed by atoms with Gasteiger partial charge >= 0.3 is 17.1 Å². The zero-order chi connectivity index (χ0) is 20.5. The number of nitrogens with zero attached hydrogens (tertiary/aromatic N) is 1. The van der Waals surface area contributed by atoms with Crippen molar-refractivity contribution in [3.05, 3.63) is 80.2 Å². The van der Waals surface area contributed by atoms with Gasteiger partial charge in [-0.3, -0.25) is 15.0 Å². The van der Waals surface area contributed by atoms with E-state index >= 15 is 0 Å². The summed E-state index contributed by atoms with van der Waals surface area (Å²) in [6, 6.07) is 15.9. The Balaban J connectivity index is 1.55. The molecule has 4 aromatic rings. The van der Waals surface area contributed by atoms with Gasteiger partial charge in [0.2, 0.25) is 0 Å². The van der Waals surface area contributed by atoms with E-state index in [2.05, 4.69) is 5.43 Å². The predicted molar refractivity (Wildman–Crippen MR) is 108 cm³/mol. The summed E-state index contributed by atoms with van der Waals surface area (Å²) in [6.45, 7) is 0. The summed E-state index contributed by atoms with van der Waals surface area (Å²) >= 11 is 1.04. The normalized spacial score (nSPS) is 10.8. The van der Waals surface area contributed by atoms with Gasteiger partial charge in [-0.15, -0.1) is 11.3 Å². The average molecular weight is 410 g/mol. The number of methoxy groups -OCH3 is 1. The fourth-order valence-corrected chi connectivity index (χ4v) is 3.55. The molecule has 2 N–H and O–H groups in total. The van der Waals surface area contributed by atoms with Crippen molar-refractivity contribution in [1.29, 1.82) is 0 Å². The molecule has 29 heavy (non-hydrogen) atoms. The largest absolute Gasteiger partial charge is 0.497 e. The zero-order valence-corrected chi connectivity index (χ0v) is 15.9. The summed E-state index contributed by atoms with van der Waals surface area (Å²) in [5, 5.41) is 9.39. The molecule has 4 rings (SSSR count). The second kappa shape index (κ2) is 7.28. The smallest absolute Gasteiger partial charge is 0.348 e. The Morgan fingerprint density at radius 1 is 0.966 bits per heavy atom. The monoisotopic (exact) mass is 410 g/mol. The minimum absolute atomic E-state index is 0.00561. The molecule has 8 nitrogen and oxygen atoms in total. The van der Waals surface area contributed by atoms with E-state index in [9.17, 15) is 19.5 Å². The van der Waals surface area contributed by atoms with Gasteiger partial charge in [0.05, 0.1) is 12.8 Å². The number of carbonyl (C=O) groups is 1. The molecule has 2 heterocycles. The molecule has 0 aliphatic carbocycles. The molecule has 0 saturated heterocycles. The molecule has 0 fully saturated rings. The Labute approximate surface area is 167 Å². The van der Waals surface area contributed by atoms with Crippen LogP contribution in [-0.4, -0.2) is 22.9 Å². The minimum Gasteiger partial charge on any atom is -0.497 e. The highest BCUT2D eigenvalue weighted by Crippen LogP contribution is 2.36. The maximum atomic E-state index is 11.5. The molecule has 146 valence electrons. The van der Waals surface area contributed by atoms with E-state index < -0.39 is 17.1 Å². The van der Waals surface area contributed by atoms with E-state index in [4.69, 9.17) is 9.47 Å². The van der Waals surface area contributed by atoms with Crippen LogP contribution in [0.2, 0.25) is 0 Å². The lowest BCUT2D eigenvalue weighted by atomic mass is 10.2. The molecule has 0 radical (unpaired) electrons. The van der Waals surface area contributed by atoms with Crippen molar-refractivity contribution >= 4 is 23.0 Å². The molecule has 0 spiro atoms. The van der Waals surface area contributed by atoms with Crippen LogP contribution in [0, 0.1) is 0 Å². The van der Waals surface area contributed by atoms with Crippen molar-refractivity contribution in [3.63, 3.8) is 0 Å². The number of carboxylic acids is 1. The molecular formula is C20H14N2O6S. The van der Waals surface area contributed by atoms with E-state index in [0.717, 1.165) is 27.3 Å². The Kier molecular flexibility index (Phi) is 4.65. The predicted octanol–water partition coefficient (Wildman–Crippen LogP) is 3.19. The van der Waals surface area contributed by atoms with Crippen LogP contribution < -0.4 is 26.0 Å². The molecular weight excluding hydrogens is 396 g/mol. The highest BCUT2D eigenvalue weighted by atomic mass is 32.1. The van der Waals surface area contributed by atoms with Crippen molar-refractivity contribution in [2.24, 2.45) is 0 Å². The first-order valence-electron chi connectivity index (χ1n) is 8.41. The molecule has 0 amide bonds. The van der Waals surface area contributed by atoms with Crippen LogP contribution in [0.4, 0.5) is 5.69 Å². The Morgan fingerprint density at radius 2 is 1.52 bits per heavy atom. The molecule has 0 bridgehead atoms. The number of hydrogen-bond acceptors (Lipinski definition) is 7. The summed E-state index contributed by atoms with van der Waals surface area (Å²) in [5.74, 6) is 0.856. The number of nitrogens with one attached hydrogen (secondary N) is 1. The standard InChI is InChI=1S/C20H14N2O6S/c1-27-12-6-8-14(9-7-12)28-13-4-2-11(3-5-13)16-10-15(17(29-16)20(25)26)21-22-18(23)19(22)24/h2-10,21H,1H3,(H,25,26). The lowest BCUT2D eigenvalue weighted by Gasteiger charge is -2.07. The van der Waals surface area contributed by atoms with Crippen molar-refractivity contribution in [2.45, 2.75) is 0 Å². The zero-order valence-electron chi connectivity index (χ0n) is 15.0. The Morgan fingerprint density at radius 3 is 2.03 bits per heavy atom. The first kappa shape index (κ1) is 18.5. The topological polar surface area (TPSA) is 107 Å². The number of benzene rings is 2. The van der Waals surface area contributed by atoms with E-state index in [1.54, 1.807) is 61.7 Å². The third kappa shape index (κ3) is 3.76. The Hall–Kier alpha value is -3.85. The summed E-state index contributed by atoms with van der Waals surface area (Å²) in [7, 11) is 1.59. The van der Waals surface area contributed by atoms with Crippen molar-refractivity contribution in [1.82, 2.24) is 4.68 Å². The number of aromatic carboxylic acids is 1. The first-order chi connectivity index (χ1) is 14.0. The van der Waals surface area contributed by atoms with E-state index in [-0.39, 0.29) is 10.6 Å². The van der Waals surface area contributed by atoms with Gasteiger partial charge in [0.25, 0.3) is 0 Å². The van der Waals surface area contributed by atoms with Gasteiger partial charge in [-0.05, 0) is 60.2 Å². The van der Waals surface area contributed by atoms with Crippen molar-refractivity contribution in [3.8, 4) is 27.7 Å². The van der Waals surface area contributed by atoms with Gasteiger partial charge in [-0.2, -0.15) is 4.68 Å². The number of aromatic nitrogens is 1. The second-order valence-electron chi connectivity index (χ2n) is 6.02. The van der Waals surface area contributed by atoms with Gasteiger partial charge < -0.3 is 14.6 Å². The molecule has 0 aliphatic rings. The number of thiophene rings is 1. The highest BCUT2D eigenvalue weighted by molar-refractivity contribution is 7.18. The lowest BCUT2D eigenvalue weighted by molar-refractivity contribution is 0.0703. The van der Waals surface area contributed by atoms with Crippen LogP contribution in [0.1, 0.15) is 9.67 Å². The van der Waals surface area contributed by atoms with Crippen LogP contribution in [-0.2, 0) is 0 Å². The van der Waals surface area contributed by atoms with E-state index in [1.165, 1.54) is 0 Å². The highest BCUT2D eigenvalue weighted by Gasteiger charge is 2.22. The van der Waals surface area contributed by atoms with Gasteiger partial charge in [-0.25, -0.2) is 4.79 Å². The molecule has 9 heteroatoms.